The first-order valence-electron chi connectivity index (χ1n) is 3.46. The number of nitrogens with two attached hydrogens (primary N) is 1. The molecule has 1 rings (SSSR count). The van der Waals surface area contributed by atoms with Gasteiger partial charge in [-0.15, -0.1) is 0 Å². The number of nitrogens with one attached hydrogen (secondary N) is 1. The minimum atomic E-state index is 0.310. The Morgan fingerprint density at radius 3 is 2.50 bits per heavy atom. The second-order valence-corrected chi connectivity index (χ2v) is 3.22. The van der Waals surface area contributed by atoms with Crippen molar-refractivity contribution >= 4 is 28.9 Å². The number of benzene rings is 1. The zero-order chi connectivity index (χ0) is 8.97. The van der Waals surface area contributed by atoms with Crippen molar-refractivity contribution in [1.29, 1.82) is 0 Å². The van der Waals surface area contributed by atoms with Crippen LogP contribution in [0.25, 0.3) is 0 Å². The van der Waals surface area contributed by atoms with Crippen molar-refractivity contribution in [1.82, 2.24) is 5.32 Å². The van der Waals surface area contributed by atoms with Gasteiger partial charge < -0.3 is 11.1 Å². The number of hydrogen-bond donors (Lipinski definition) is 2. The summed E-state index contributed by atoms with van der Waals surface area (Å²) in [5.74, 6) is 0. The molecule has 0 aliphatic rings. The van der Waals surface area contributed by atoms with E-state index in [1.165, 1.54) is 0 Å². The van der Waals surface area contributed by atoms with E-state index < -0.39 is 0 Å². The molecule has 0 atom stereocenters. The third-order valence-electron chi connectivity index (χ3n) is 1.38. The lowest BCUT2D eigenvalue weighted by Crippen LogP contribution is -2.28. The first-order chi connectivity index (χ1) is 5.68. The summed E-state index contributed by atoms with van der Waals surface area (Å²) in [7, 11) is 0. The standard InChI is InChI=1S/C8H9ClN2S/c9-7-3-1-6(2-4-7)5-11-8(10)12/h1-4H,5H2,(H3,10,11,12). The highest BCUT2D eigenvalue weighted by Gasteiger charge is 1.92. The van der Waals surface area contributed by atoms with Crippen molar-refractivity contribution in [3.05, 3.63) is 34.9 Å². The zero-order valence-electron chi connectivity index (χ0n) is 6.38. The lowest BCUT2D eigenvalue weighted by atomic mass is 10.2. The summed E-state index contributed by atoms with van der Waals surface area (Å²) in [6, 6.07) is 7.51. The minimum Gasteiger partial charge on any atom is -0.376 e. The molecule has 0 heterocycles. The molecular weight excluding hydrogens is 192 g/mol. The van der Waals surface area contributed by atoms with Crippen LogP contribution in [0.3, 0.4) is 0 Å². The first kappa shape index (κ1) is 9.29. The monoisotopic (exact) mass is 200 g/mol. The number of hydrogen-bond acceptors (Lipinski definition) is 1. The van der Waals surface area contributed by atoms with E-state index in [1.807, 2.05) is 24.3 Å². The summed E-state index contributed by atoms with van der Waals surface area (Å²) in [5, 5.41) is 3.89. The highest BCUT2D eigenvalue weighted by atomic mass is 35.5. The van der Waals surface area contributed by atoms with Crippen LogP contribution in [-0.4, -0.2) is 5.11 Å². The lowest BCUT2D eigenvalue weighted by molar-refractivity contribution is 0.920. The van der Waals surface area contributed by atoms with Gasteiger partial charge in [0.25, 0.3) is 0 Å². The van der Waals surface area contributed by atoms with Gasteiger partial charge in [-0.1, -0.05) is 23.7 Å². The molecule has 0 saturated heterocycles. The molecule has 1 aromatic carbocycles. The van der Waals surface area contributed by atoms with Crippen LogP contribution in [0.2, 0.25) is 5.02 Å². The van der Waals surface area contributed by atoms with Gasteiger partial charge in [-0.3, -0.25) is 0 Å². The van der Waals surface area contributed by atoms with Gasteiger partial charge in [0.15, 0.2) is 5.11 Å². The van der Waals surface area contributed by atoms with E-state index in [1.54, 1.807) is 0 Å². The Morgan fingerprint density at radius 1 is 1.42 bits per heavy atom. The Kier molecular flexibility index (Phi) is 3.31. The average molecular weight is 201 g/mol. The molecule has 0 aromatic heterocycles. The molecule has 4 heteroatoms. The summed E-state index contributed by atoms with van der Waals surface area (Å²) in [6.07, 6.45) is 0. The van der Waals surface area contributed by atoms with Crippen LogP contribution in [0.4, 0.5) is 0 Å². The van der Waals surface area contributed by atoms with Crippen molar-refractivity contribution in [2.24, 2.45) is 5.73 Å². The second-order valence-electron chi connectivity index (χ2n) is 2.34. The molecule has 0 spiro atoms. The normalized spacial score (nSPS) is 9.42. The largest absolute Gasteiger partial charge is 0.376 e. The van der Waals surface area contributed by atoms with Crippen molar-refractivity contribution in [3.8, 4) is 0 Å². The number of halogens is 1. The molecule has 0 aliphatic carbocycles. The number of thiocarbonyl (C=S) groups is 1. The van der Waals surface area contributed by atoms with E-state index in [4.69, 9.17) is 17.3 Å². The molecule has 0 bridgehead atoms. The van der Waals surface area contributed by atoms with Crippen molar-refractivity contribution in [2.45, 2.75) is 6.54 Å². The van der Waals surface area contributed by atoms with Crippen LogP contribution >= 0.6 is 23.8 Å². The van der Waals surface area contributed by atoms with Gasteiger partial charge in [-0.05, 0) is 29.9 Å². The Hall–Kier alpha value is -0.800. The van der Waals surface area contributed by atoms with Crippen LogP contribution in [0.15, 0.2) is 24.3 Å². The maximum atomic E-state index is 5.70. The van der Waals surface area contributed by atoms with E-state index in [0.717, 1.165) is 10.6 Å². The molecule has 0 unspecified atom stereocenters. The molecule has 64 valence electrons. The summed E-state index contributed by atoms with van der Waals surface area (Å²) in [5.41, 5.74) is 6.37. The van der Waals surface area contributed by atoms with Crippen molar-refractivity contribution < 1.29 is 0 Å². The Balaban J connectivity index is 2.53. The summed E-state index contributed by atoms with van der Waals surface area (Å²) >= 11 is 10.4. The molecule has 0 saturated carbocycles. The molecular formula is C8H9ClN2S. The average Bonchev–Trinajstić information content (AvgIpc) is 2.03. The molecule has 3 N–H and O–H groups in total. The quantitative estimate of drug-likeness (QED) is 0.714. The summed E-state index contributed by atoms with van der Waals surface area (Å²) in [6.45, 7) is 0.645. The van der Waals surface area contributed by atoms with Crippen molar-refractivity contribution in [3.63, 3.8) is 0 Å². The fourth-order valence-corrected chi connectivity index (χ4v) is 0.990. The molecule has 2 nitrogen and oxygen atoms in total. The Morgan fingerprint density at radius 2 is 2.00 bits per heavy atom. The molecule has 0 aliphatic heterocycles. The van der Waals surface area contributed by atoms with Crippen LogP contribution in [0.1, 0.15) is 5.56 Å². The van der Waals surface area contributed by atoms with Gasteiger partial charge >= 0.3 is 0 Å². The van der Waals surface area contributed by atoms with Gasteiger partial charge in [0.05, 0.1) is 0 Å². The number of rotatable bonds is 2. The Bertz CT molecular complexity index is 271. The van der Waals surface area contributed by atoms with E-state index in [2.05, 4.69) is 17.5 Å². The van der Waals surface area contributed by atoms with Crippen LogP contribution in [-0.2, 0) is 6.54 Å². The lowest BCUT2D eigenvalue weighted by Gasteiger charge is -2.02. The van der Waals surface area contributed by atoms with Gasteiger partial charge in [0, 0.05) is 11.6 Å². The Labute approximate surface area is 81.7 Å². The zero-order valence-corrected chi connectivity index (χ0v) is 7.95. The summed E-state index contributed by atoms with van der Waals surface area (Å²) in [4.78, 5) is 0. The van der Waals surface area contributed by atoms with E-state index in [0.29, 0.717) is 11.7 Å². The highest BCUT2D eigenvalue weighted by molar-refractivity contribution is 7.80. The van der Waals surface area contributed by atoms with Gasteiger partial charge in [-0.25, -0.2) is 0 Å². The van der Waals surface area contributed by atoms with Gasteiger partial charge in [-0.2, -0.15) is 0 Å². The third kappa shape index (κ3) is 3.07. The van der Waals surface area contributed by atoms with E-state index in [9.17, 15) is 0 Å². The maximum Gasteiger partial charge on any atom is 0.163 e. The van der Waals surface area contributed by atoms with Crippen LogP contribution in [0.5, 0.6) is 0 Å². The predicted molar refractivity (Wildman–Crippen MR) is 55.1 cm³/mol. The first-order valence-corrected chi connectivity index (χ1v) is 4.25. The van der Waals surface area contributed by atoms with E-state index in [-0.39, 0.29) is 0 Å². The molecule has 1 aromatic rings. The molecule has 12 heavy (non-hydrogen) atoms. The maximum absolute atomic E-state index is 5.70. The van der Waals surface area contributed by atoms with Crippen LogP contribution in [0, 0.1) is 0 Å². The smallest absolute Gasteiger partial charge is 0.163 e. The predicted octanol–water partition coefficient (Wildman–Crippen LogP) is 1.67. The SMILES string of the molecule is NC(=S)NCc1ccc(Cl)cc1. The topological polar surface area (TPSA) is 38.0 Å². The minimum absolute atomic E-state index is 0.310. The second kappa shape index (κ2) is 4.28. The van der Waals surface area contributed by atoms with Gasteiger partial charge in [0.1, 0.15) is 0 Å². The fraction of sp³-hybridized carbons (Fsp3) is 0.125. The molecule has 0 radical (unpaired) electrons. The van der Waals surface area contributed by atoms with Crippen LogP contribution < -0.4 is 11.1 Å². The highest BCUT2D eigenvalue weighted by Crippen LogP contribution is 2.08. The fourth-order valence-electron chi connectivity index (χ4n) is 0.791. The van der Waals surface area contributed by atoms with Crippen molar-refractivity contribution in [2.75, 3.05) is 0 Å². The third-order valence-corrected chi connectivity index (χ3v) is 1.78. The van der Waals surface area contributed by atoms with Gasteiger partial charge in [0.2, 0.25) is 0 Å². The summed E-state index contributed by atoms with van der Waals surface area (Å²) < 4.78 is 0. The molecule has 0 amide bonds. The molecule has 0 fully saturated rings. The van der Waals surface area contributed by atoms with E-state index >= 15 is 0 Å².